The third-order valence-electron chi connectivity index (χ3n) is 3.69. The smallest absolute Gasteiger partial charge is 0.252 e. The highest BCUT2D eigenvalue weighted by atomic mass is 79.9. The summed E-state index contributed by atoms with van der Waals surface area (Å²) in [6.45, 7) is 0.677. The van der Waals surface area contributed by atoms with Gasteiger partial charge in [-0.1, -0.05) is 25.0 Å². The fraction of sp³-hybridized carbons (Fsp3) is 0.500. The number of benzene rings is 1. The van der Waals surface area contributed by atoms with Gasteiger partial charge in [0.25, 0.3) is 5.91 Å². The van der Waals surface area contributed by atoms with Gasteiger partial charge in [0, 0.05) is 22.3 Å². The quantitative estimate of drug-likeness (QED) is 0.831. The van der Waals surface area contributed by atoms with Gasteiger partial charge in [-0.2, -0.15) is 0 Å². The van der Waals surface area contributed by atoms with Gasteiger partial charge in [0.1, 0.15) is 0 Å². The van der Waals surface area contributed by atoms with Crippen LogP contribution in [0.25, 0.3) is 0 Å². The van der Waals surface area contributed by atoms with Crippen LogP contribution in [0.3, 0.4) is 0 Å². The van der Waals surface area contributed by atoms with E-state index in [-0.39, 0.29) is 11.3 Å². The number of hydrogen-bond acceptors (Lipinski definition) is 1. The third-order valence-corrected chi connectivity index (χ3v) is 4.95. The fourth-order valence-electron chi connectivity index (χ4n) is 2.49. The van der Waals surface area contributed by atoms with E-state index in [0.717, 1.165) is 17.3 Å². The number of nitrogens with one attached hydrogen (secondary N) is 1. The molecule has 2 nitrogen and oxygen atoms in total. The molecule has 1 aliphatic carbocycles. The maximum absolute atomic E-state index is 12.1. The number of amides is 1. The predicted molar refractivity (Wildman–Crippen MR) is 78.1 cm³/mol. The molecule has 0 aromatic heterocycles. The van der Waals surface area contributed by atoms with Crippen molar-refractivity contribution < 1.29 is 4.79 Å². The summed E-state index contributed by atoms with van der Waals surface area (Å²) in [6.07, 6.45) is 4.68. The molecule has 1 aliphatic rings. The monoisotopic (exact) mass is 329 g/mol. The van der Waals surface area contributed by atoms with Gasteiger partial charge < -0.3 is 5.32 Å². The third kappa shape index (κ3) is 3.07. The van der Waals surface area contributed by atoms with Crippen LogP contribution in [-0.4, -0.2) is 18.3 Å². The standard InChI is InChI=1S/C14H17BrClNO/c15-12-6-2-1-5-11(12)13(18)17-10-14(9-16)7-3-4-8-14/h1-2,5-6H,3-4,7-10H2,(H,17,18). The lowest BCUT2D eigenvalue weighted by Gasteiger charge is -2.26. The number of hydrogen-bond donors (Lipinski definition) is 1. The first-order chi connectivity index (χ1) is 8.67. The minimum Gasteiger partial charge on any atom is -0.351 e. The maximum atomic E-state index is 12.1. The van der Waals surface area contributed by atoms with E-state index < -0.39 is 0 Å². The molecule has 1 saturated carbocycles. The molecule has 0 aliphatic heterocycles. The van der Waals surface area contributed by atoms with Crippen LogP contribution in [0.1, 0.15) is 36.0 Å². The van der Waals surface area contributed by atoms with Gasteiger partial charge in [0.15, 0.2) is 0 Å². The summed E-state index contributed by atoms with van der Waals surface area (Å²) >= 11 is 9.46. The molecule has 1 N–H and O–H groups in total. The minimum atomic E-state index is -0.0288. The SMILES string of the molecule is O=C(NCC1(CCl)CCCC1)c1ccccc1Br. The molecular weight excluding hydrogens is 314 g/mol. The second-order valence-corrected chi connectivity index (χ2v) is 6.12. The van der Waals surface area contributed by atoms with E-state index in [0.29, 0.717) is 18.0 Å². The molecule has 0 bridgehead atoms. The summed E-state index contributed by atoms with van der Waals surface area (Å²) < 4.78 is 0.828. The summed E-state index contributed by atoms with van der Waals surface area (Å²) in [5.74, 6) is 0.599. The van der Waals surface area contributed by atoms with E-state index in [4.69, 9.17) is 11.6 Å². The highest BCUT2D eigenvalue weighted by Crippen LogP contribution is 2.38. The Morgan fingerprint density at radius 2 is 2.00 bits per heavy atom. The zero-order valence-electron chi connectivity index (χ0n) is 10.2. The Kier molecular flexibility index (Phi) is 4.68. The maximum Gasteiger partial charge on any atom is 0.252 e. The van der Waals surface area contributed by atoms with E-state index in [1.54, 1.807) is 0 Å². The van der Waals surface area contributed by atoms with Crippen molar-refractivity contribution in [3.63, 3.8) is 0 Å². The number of halogens is 2. The fourth-order valence-corrected chi connectivity index (χ4v) is 3.32. The highest BCUT2D eigenvalue weighted by molar-refractivity contribution is 9.10. The van der Waals surface area contributed by atoms with E-state index in [2.05, 4.69) is 21.2 Å². The van der Waals surface area contributed by atoms with Gasteiger partial charge in [0.2, 0.25) is 0 Å². The molecule has 1 aromatic carbocycles. The van der Waals surface area contributed by atoms with Gasteiger partial charge in [0.05, 0.1) is 5.56 Å². The molecular formula is C14H17BrClNO. The molecule has 1 amide bonds. The first kappa shape index (κ1) is 13.9. The first-order valence-corrected chi connectivity index (χ1v) is 7.58. The van der Waals surface area contributed by atoms with Crippen molar-refractivity contribution in [2.75, 3.05) is 12.4 Å². The van der Waals surface area contributed by atoms with E-state index in [9.17, 15) is 4.79 Å². The van der Waals surface area contributed by atoms with Crippen LogP contribution in [0.5, 0.6) is 0 Å². The predicted octanol–water partition coefficient (Wildman–Crippen LogP) is 3.98. The normalized spacial score (nSPS) is 17.7. The zero-order chi connectivity index (χ0) is 13.0. The number of carbonyl (C=O) groups excluding carboxylic acids is 1. The summed E-state index contributed by atoms with van der Waals surface area (Å²) in [5.41, 5.74) is 0.790. The Morgan fingerprint density at radius 3 is 2.61 bits per heavy atom. The van der Waals surface area contributed by atoms with Crippen molar-refractivity contribution in [1.82, 2.24) is 5.32 Å². The van der Waals surface area contributed by atoms with Crippen LogP contribution < -0.4 is 5.32 Å². The summed E-state index contributed by atoms with van der Waals surface area (Å²) in [7, 11) is 0. The van der Waals surface area contributed by atoms with E-state index >= 15 is 0 Å². The Balaban J connectivity index is 1.98. The lowest BCUT2D eigenvalue weighted by Crippen LogP contribution is -2.37. The summed E-state index contributed by atoms with van der Waals surface area (Å²) in [5, 5.41) is 3.02. The molecule has 0 spiro atoms. The topological polar surface area (TPSA) is 29.1 Å². The molecule has 18 heavy (non-hydrogen) atoms. The zero-order valence-corrected chi connectivity index (χ0v) is 12.6. The molecule has 2 rings (SSSR count). The molecule has 0 heterocycles. The summed E-state index contributed by atoms with van der Waals surface area (Å²) in [6, 6.07) is 7.47. The van der Waals surface area contributed by atoms with Gasteiger partial charge in [-0.15, -0.1) is 11.6 Å². The average molecular weight is 331 g/mol. The molecule has 4 heteroatoms. The lowest BCUT2D eigenvalue weighted by atomic mass is 9.88. The van der Waals surface area contributed by atoms with Gasteiger partial charge in [-0.3, -0.25) is 4.79 Å². The van der Waals surface area contributed by atoms with Crippen molar-refractivity contribution in [3.8, 4) is 0 Å². The molecule has 0 unspecified atom stereocenters. The van der Waals surface area contributed by atoms with E-state index in [1.807, 2.05) is 24.3 Å². The van der Waals surface area contributed by atoms with Crippen molar-refractivity contribution >= 4 is 33.4 Å². The van der Waals surface area contributed by atoms with Crippen molar-refractivity contribution in [3.05, 3.63) is 34.3 Å². The van der Waals surface area contributed by atoms with E-state index in [1.165, 1.54) is 12.8 Å². The molecule has 0 atom stereocenters. The number of alkyl halides is 1. The molecule has 0 radical (unpaired) electrons. The van der Waals surface area contributed by atoms with Crippen LogP contribution in [0.2, 0.25) is 0 Å². The summed E-state index contributed by atoms with van der Waals surface area (Å²) in [4.78, 5) is 12.1. The second kappa shape index (κ2) is 6.07. The molecule has 1 aromatic rings. The largest absolute Gasteiger partial charge is 0.351 e. The molecule has 0 saturated heterocycles. The van der Waals surface area contributed by atoms with Crippen LogP contribution in [0.4, 0.5) is 0 Å². The van der Waals surface area contributed by atoms with Crippen LogP contribution in [0, 0.1) is 5.41 Å². The van der Waals surface area contributed by atoms with Crippen molar-refractivity contribution in [2.45, 2.75) is 25.7 Å². The minimum absolute atomic E-state index is 0.0288. The highest BCUT2D eigenvalue weighted by Gasteiger charge is 2.33. The van der Waals surface area contributed by atoms with Crippen molar-refractivity contribution in [2.24, 2.45) is 5.41 Å². The van der Waals surface area contributed by atoms with Crippen LogP contribution in [-0.2, 0) is 0 Å². The van der Waals surface area contributed by atoms with Gasteiger partial charge in [-0.05, 0) is 40.9 Å². The van der Waals surface area contributed by atoms with Gasteiger partial charge in [-0.25, -0.2) is 0 Å². The first-order valence-electron chi connectivity index (χ1n) is 6.26. The van der Waals surface area contributed by atoms with Gasteiger partial charge >= 0.3 is 0 Å². The Labute approximate surface area is 121 Å². The van der Waals surface area contributed by atoms with Crippen LogP contribution >= 0.6 is 27.5 Å². The average Bonchev–Trinajstić information content (AvgIpc) is 2.86. The van der Waals surface area contributed by atoms with Crippen molar-refractivity contribution in [1.29, 1.82) is 0 Å². The Bertz CT molecular complexity index is 430. The van der Waals surface area contributed by atoms with Crippen LogP contribution in [0.15, 0.2) is 28.7 Å². The Morgan fingerprint density at radius 1 is 1.33 bits per heavy atom. The lowest BCUT2D eigenvalue weighted by molar-refractivity contribution is 0.0934. The number of rotatable bonds is 4. The second-order valence-electron chi connectivity index (χ2n) is 5.00. The Hall–Kier alpha value is -0.540. The molecule has 1 fully saturated rings. The molecule has 98 valence electrons. The number of carbonyl (C=O) groups is 1.